The average Bonchev–Trinajstić information content (AvgIpc) is 3.13. The van der Waals surface area contributed by atoms with Crippen LogP contribution in [0.2, 0.25) is 5.02 Å². The Kier molecular flexibility index (Phi) is 4.39. The van der Waals surface area contributed by atoms with E-state index in [2.05, 4.69) is 25.2 Å². The topological polar surface area (TPSA) is 90.1 Å². The number of pyridine rings is 1. The van der Waals surface area contributed by atoms with E-state index in [-0.39, 0.29) is 10.7 Å². The number of rotatable bonds is 3. The molecule has 4 rings (SSSR count). The van der Waals surface area contributed by atoms with Crippen molar-refractivity contribution in [2.24, 2.45) is 0 Å². The molecule has 27 heavy (non-hydrogen) atoms. The fourth-order valence-electron chi connectivity index (χ4n) is 2.43. The molecule has 0 aliphatic heterocycles. The summed E-state index contributed by atoms with van der Waals surface area (Å²) in [5.74, 6) is -0.350. The number of fused-ring (bicyclic) bond motifs is 1. The number of ether oxygens (including phenoxy) is 1. The Morgan fingerprint density at radius 2 is 1.96 bits per heavy atom. The standard InChI is InChI=1S/C18H10ClFN4O3/c19-13-8-15(22-18(25)26-11-4-2-1-3-5-11)14(20)7-12(13)10-6-16-17(21-9-10)24-27-23-16/h1-9H,(H,22,25). The zero-order valence-corrected chi connectivity index (χ0v) is 14.3. The number of nitrogens with one attached hydrogen (secondary N) is 1. The molecule has 0 saturated carbocycles. The smallest absolute Gasteiger partial charge is 0.410 e. The third-order valence-electron chi connectivity index (χ3n) is 3.67. The number of hydrogen-bond acceptors (Lipinski definition) is 6. The molecule has 1 N–H and O–H groups in total. The highest BCUT2D eigenvalue weighted by molar-refractivity contribution is 6.33. The fourth-order valence-corrected chi connectivity index (χ4v) is 2.70. The van der Waals surface area contributed by atoms with Gasteiger partial charge in [0.25, 0.3) is 0 Å². The molecule has 0 aliphatic carbocycles. The van der Waals surface area contributed by atoms with Crippen molar-refractivity contribution in [2.45, 2.75) is 0 Å². The van der Waals surface area contributed by atoms with Crippen molar-refractivity contribution < 1.29 is 18.6 Å². The predicted octanol–water partition coefficient (Wildman–Crippen LogP) is 4.69. The molecule has 0 aliphatic rings. The third kappa shape index (κ3) is 3.56. The molecule has 0 saturated heterocycles. The number of amides is 1. The van der Waals surface area contributed by atoms with Crippen molar-refractivity contribution in [3.8, 4) is 16.9 Å². The van der Waals surface area contributed by atoms with Crippen LogP contribution in [0.25, 0.3) is 22.3 Å². The number of hydrogen-bond donors (Lipinski definition) is 1. The van der Waals surface area contributed by atoms with Crippen LogP contribution in [0.1, 0.15) is 0 Å². The van der Waals surface area contributed by atoms with Gasteiger partial charge < -0.3 is 4.74 Å². The molecule has 0 spiro atoms. The molecule has 0 fully saturated rings. The summed E-state index contributed by atoms with van der Waals surface area (Å²) < 4.78 is 24.1. The van der Waals surface area contributed by atoms with Crippen molar-refractivity contribution in [2.75, 3.05) is 5.32 Å². The maximum atomic E-state index is 14.5. The number of para-hydroxylation sites is 1. The van der Waals surface area contributed by atoms with Gasteiger partial charge in [-0.1, -0.05) is 29.8 Å². The highest BCUT2D eigenvalue weighted by Crippen LogP contribution is 2.33. The van der Waals surface area contributed by atoms with Crippen molar-refractivity contribution in [3.05, 3.63) is 65.6 Å². The number of nitrogens with zero attached hydrogens (tertiary/aromatic N) is 3. The highest BCUT2D eigenvalue weighted by atomic mass is 35.5. The lowest BCUT2D eigenvalue weighted by Gasteiger charge is -2.10. The molecule has 1 amide bonds. The van der Waals surface area contributed by atoms with Crippen LogP contribution in [-0.4, -0.2) is 21.4 Å². The van der Waals surface area contributed by atoms with Gasteiger partial charge in [-0.2, -0.15) is 0 Å². The molecule has 0 bridgehead atoms. The number of carbonyl (C=O) groups excluding carboxylic acids is 1. The van der Waals surface area contributed by atoms with Gasteiger partial charge in [0.15, 0.2) is 5.52 Å². The van der Waals surface area contributed by atoms with Crippen LogP contribution >= 0.6 is 11.6 Å². The summed E-state index contributed by atoms with van der Waals surface area (Å²) in [4.78, 5) is 16.0. The number of benzene rings is 2. The maximum absolute atomic E-state index is 14.5. The van der Waals surface area contributed by atoms with Gasteiger partial charge >= 0.3 is 6.09 Å². The number of aromatic nitrogens is 3. The summed E-state index contributed by atoms with van der Waals surface area (Å²) in [6, 6.07) is 12.5. The summed E-state index contributed by atoms with van der Waals surface area (Å²) in [5.41, 5.74) is 1.55. The summed E-state index contributed by atoms with van der Waals surface area (Å²) in [6.07, 6.45) is 0.643. The zero-order chi connectivity index (χ0) is 18.8. The molecule has 9 heteroatoms. The van der Waals surface area contributed by atoms with Crippen molar-refractivity contribution in [1.29, 1.82) is 0 Å². The first-order valence-electron chi connectivity index (χ1n) is 7.72. The second-order valence-corrected chi connectivity index (χ2v) is 5.88. The van der Waals surface area contributed by atoms with Crippen LogP contribution < -0.4 is 10.1 Å². The summed E-state index contributed by atoms with van der Waals surface area (Å²) >= 11 is 6.26. The molecule has 2 heterocycles. The Bertz CT molecular complexity index is 1130. The fraction of sp³-hybridized carbons (Fsp3) is 0. The van der Waals surface area contributed by atoms with Gasteiger partial charge in [-0.15, -0.1) is 0 Å². The van der Waals surface area contributed by atoms with E-state index < -0.39 is 11.9 Å². The van der Waals surface area contributed by atoms with E-state index in [1.165, 1.54) is 18.3 Å². The molecule has 0 unspecified atom stereocenters. The van der Waals surface area contributed by atoms with E-state index in [4.69, 9.17) is 16.3 Å². The second-order valence-electron chi connectivity index (χ2n) is 5.47. The van der Waals surface area contributed by atoms with Gasteiger partial charge in [0.2, 0.25) is 5.65 Å². The molecule has 134 valence electrons. The second kappa shape index (κ2) is 7.00. The summed E-state index contributed by atoms with van der Waals surface area (Å²) in [5, 5.41) is 9.85. The first-order chi connectivity index (χ1) is 13.1. The minimum atomic E-state index is -0.833. The van der Waals surface area contributed by atoms with Crippen molar-refractivity contribution in [1.82, 2.24) is 15.3 Å². The monoisotopic (exact) mass is 384 g/mol. The maximum Gasteiger partial charge on any atom is 0.417 e. The van der Waals surface area contributed by atoms with E-state index in [0.29, 0.717) is 28.0 Å². The van der Waals surface area contributed by atoms with Crippen molar-refractivity contribution >= 4 is 34.5 Å². The molecule has 0 radical (unpaired) electrons. The lowest BCUT2D eigenvalue weighted by atomic mass is 10.1. The van der Waals surface area contributed by atoms with E-state index >= 15 is 0 Å². The van der Waals surface area contributed by atoms with Crippen LogP contribution in [0.15, 0.2) is 59.4 Å². The van der Waals surface area contributed by atoms with Crippen molar-refractivity contribution in [3.63, 3.8) is 0 Å². The number of carbonyl (C=O) groups is 1. The van der Waals surface area contributed by atoms with E-state index in [1.54, 1.807) is 36.4 Å². The lowest BCUT2D eigenvalue weighted by molar-refractivity contribution is 0.215. The first kappa shape index (κ1) is 16.9. The average molecular weight is 385 g/mol. The number of anilines is 1. The van der Waals surface area contributed by atoms with Gasteiger partial charge in [0.1, 0.15) is 11.6 Å². The van der Waals surface area contributed by atoms with Crippen LogP contribution in [0.4, 0.5) is 14.9 Å². The van der Waals surface area contributed by atoms with Gasteiger partial charge in [-0.25, -0.2) is 18.8 Å². The van der Waals surface area contributed by atoms with Gasteiger partial charge in [-0.05, 0) is 40.6 Å². The van der Waals surface area contributed by atoms with Crippen LogP contribution in [0.3, 0.4) is 0 Å². The van der Waals surface area contributed by atoms with Gasteiger partial charge in [0, 0.05) is 17.3 Å². The molecule has 2 aromatic carbocycles. The lowest BCUT2D eigenvalue weighted by Crippen LogP contribution is -2.17. The Morgan fingerprint density at radius 1 is 1.15 bits per heavy atom. The summed E-state index contributed by atoms with van der Waals surface area (Å²) in [7, 11) is 0. The minimum Gasteiger partial charge on any atom is -0.410 e. The SMILES string of the molecule is O=C(Nc1cc(Cl)c(-c2cnc3nonc3c2)cc1F)Oc1ccccc1. The first-order valence-corrected chi connectivity index (χ1v) is 8.09. The Balaban J connectivity index is 1.59. The van der Waals surface area contributed by atoms with Crippen LogP contribution in [-0.2, 0) is 0 Å². The predicted molar refractivity (Wildman–Crippen MR) is 96.1 cm³/mol. The highest BCUT2D eigenvalue weighted by Gasteiger charge is 2.15. The molecule has 2 aromatic heterocycles. The molecule has 0 atom stereocenters. The Hall–Kier alpha value is -3.52. The normalized spacial score (nSPS) is 10.7. The summed E-state index contributed by atoms with van der Waals surface area (Å²) in [6.45, 7) is 0. The Morgan fingerprint density at radius 3 is 2.78 bits per heavy atom. The van der Waals surface area contributed by atoms with E-state index in [9.17, 15) is 9.18 Å². The molecule has 4 aromatic rings. The zero-order valence-electron chi connectivity index (χ0n) is 13.5. The third-order valence-corrected chi connectivity index (χ3v) is 3.98. The van der Waals surface area contributed by atoms with Crippen LogP contribution in [0, 0.1) is 5.82 Å². The van der Waals surface area contributed by atoms with E-state index in [1.807, 2.05) is 0 Å². The van der Waals surface area contributed by atoms with Gasteiger partial charge in [-0.3, -0.25) is 5.32 Å². The molecular formula is C18H10ClFN4O3. The van der Waals surface area contributed by atoms with Gasteiger partial charge in [0.05, 0.1) is 10.7 Å². The minimum absolute atomic E-state index is 0.109. The number of halogens is 2. The van der Waals surface area contributed by atoms with E-state index in [0.717, 1.165) is 0 Å². The molecular weight excluding hydrogens is 375 g/mol. The van der Waals surface area contributed by atoms with Crippen LogP contribution in [0.5, 0.6) is 5.75 Å². The quantitative estimate of drug-likeness (QED) is 0.551. The Labute approximate surface area is 156 Å². The molecule has 7 nitrogen and oxygen atoms in total. The largest absolute Gasteiger partial charge is 0.417 e.